The van der Waals surface area contributed by atoms with Crippen LogP contribution in [0, 0.1) is 10.1 Å². The van der Waals surface area contributed by atoms with Gasteiger partial charge in [-0.15, -0.1) is 0 Å². The fourth-order valence-electron chi connectivity index (χ4n) is 1.34. The molecule has 18 heavy (non-hydrogen) atoms. The summed E-state index contributed by atoms with van der Waals surface area (Å²) in [5.74, 6) is 0.954. The van der Waals surface area contributed by atoms with Crippen molar-refractivity contribution in [2.45, 2.75) is 6.92 Å². The number of hydrogen-bond acceptors (Lipinski definition) is 5. The third-order valence-electron chi connectivity index (χ3n) is 2.20. The minimum absolute atomic E-state index is 0.0427. The second-order valence-electron chi connectivity index (χ2n) is 3.53. The molecule has 1 N–H and O–H groups in total. The van der Waals surface area contributed by atoms with Crippen LogP contribution in [0.3, 0.4) is 0 Å². The molecule has 0 aliphatic carbocycles. The third kappa shape index (κ3) is 3.74. The van der Waals surface area contributed by atoms with Crippen LogP contribution in [-0.2, 0) is 0 Å². The molecular formula is C12H15NO5. The molecule has 0 fully saturated rings. The molecule has 0 amide bonds. The minimum Gasteiger partial charge on any atom is -0.493 e. The summed E-state index contributed by atoms with van der Waals surface area (Å²) in [6, 6.07) is 4.97. The summed E-state index contributed by atoms with van der Waals surface area (Å²) in [4.78, 5) is 10.1. The van der Waals surface area contributed by atoms with Gasteiger partial charge in [-0.2, -0.15) is 0 Å². The van der Waals surface area contributed by atoms with E-state index >= 15 is 0 Å². The highest BCUT2D eigenvalue weighted by molar-refractivity contribution is 5.56. The number of hydrogen-bond donors (Lipinski definition) is 1. The van der Waals surface area contributed by atoms with Crippen LogP contribution < -0.4 is 9.47 Å². The largest absolute Gasteiger partial charge is 0.493 e. The van der Waals surface area contributed by atoms with Gasteiger partial charge in [0, 0.05) is 13.0 Å². The summed E-state index contributed by atoms with van der Waals surface area (Å²) in [7, 11) is 1.48. The molecule has 0 saturated heterocycles. The number of allylic oxidation sites excluding steroid dienone is 1. The van der Waals surface area contributed by atoms with Gasteiger partial charge in [0.1, 0.15) is 6.61 Å². The van der Waals surface area contributed by atoms with Gasteiger partial charge in [0.2, 0.25) is 5.70 Å². The van der Waals surface area contributed by atoms with Crippen molar-refractivity contribution in [1.29, 1.82) is 0 Å². The first-order valence-electron chi connectivity index (χ1n) is 5.33. The van der Waals surface area contributed by atoms with Crippen LogP contribution in [0.5, 0.6) is 11.5 Å². The van der Waals surface area contributed by atoms with Crippen molar-refractivity contribution in [2.24, 2.45) is 0 Å². The Bertz CT molecular complexity index is 456. The molecule has 6 heteroatoms. The summed E-state index contributed by atoms with van der Waals surface area (Å²) < 4.78 is 10.4. The molecule has 0 aliphatic rings. The summed E-state index contributed by atoms with van der Waals surface area (Å²) in [5, 5.41) is 19.2. The van der Waals surface area contributed by atoms with Crippen LogP contribution in [0.15, 0.2) is 23.9 Å². The van der Waals surface area contributed by atoms with Gasteiger partial charge in [-0.1, -0.05) is 6.07 Å². The van der Waals surface area contributed by atoms with E-state index < -0.39 is 4.92 Å². The lowest BCUT2D eigenvalue weighted by Gasteiger charge is -2.10. The number of benzene rings is 1. The van der Waals surface area contributed by atoms with Crippen LogP contribution in [0.25, 0.3) is 6.08 Å². The Morgan fingerprint density at radius 1 is 1.50 bits per heavy atom. The Hall–Kier alpha value is -2.08. The summed E-state index contributed by atoms with van der Waals surface area (Å²) >= 11 is 0. The molecule has 0 aromatic heterocycles. The third-order valence-corrected chi connectivity index (χ3v) is 2.20. The van der Waals surface area contributed by atoms with Crippen molar-refractivity contribution in [2.75, 3.05) is 20.3 Å². The monoisotopic (exact) mass is 253 g/mol. The summed E-state index contributed by atoms with van der Waals surface area (Å²) in [5.41, 5.74) is 0.693. The van der Waals surface area contributed by atoms with E-state index in [1.165, 1.54) is 20.1 Å². The number of methoxy groups -OCH3 is 1. The lowest BCUT2D eigenvalue weighted by atomic mass is 10.1. The zero-order valence-electron chi connectivity index (χ0n) is 10.3. The lowest BCUT2D eigenvalue weighted by Crippen LogP contribution is -2.03. The molecule has 1 aromatic carbocycles. The molecule has 0 heterocycles. The van der Waals surface area contributed by atoms with Crippen molar-refractivity contribution in [3.63, 3.8) is 0 Å². The minimum atomic E-state index is -0.456. The molecule has 0 unspecified atom stereocenters. The Morgan fingerprint density at radius 3 is 2.78 bits per heavy atom. The molecular weight excluding hydrogens is 238 g/mol. The van der Waals surface area contributed by atoms with Gasteiger partial charge in [-0.25, -0.2) is 0 Å². The van der Waals surface area contributed by atoms with Gasteiger partial charge < -0.3 is 14.6 Å². The molecule has 0 bridgehead atoms. The van der Waals surface area contributed by atoms with Crippen LogP contribution in [0.4, 0.5) is 0 Å². The Balaban J connectivity index is 2.98. The van der Waals surface area contributed by atoms with Crippen LogP contribution >= 0.6 is 0 Å². The summed E-state index contributed by atoms with van der Waals surface area (Å²) in [6.45, 7) is 1.49. The van der Waals surface area contributed by atoms with E-state index in [1.54, 1.807) is 18.2 Å². The first-order valence-corrected chi connectivity index (χ1v) is 5.33. The van der Waals surface area contributed by atoms with Gasteiger partial charge in [-0.05, 0) is 17.7 Å². The number of ether oxygens (including phenoxy) is 2. The van der Waals surface area contributed by atoms with Crippen molar-refractivity contribution in [3.05, 3.63) is 39.6 Å². The molecule has 1 aromatic rings. The maximum atomic E-state index is 10.5. The number of rotatable bonds is 6. The van der Waals surface area contributed by atoms with E-state index in [2.05, 4.69) is 0 Å². The normalized spacial score (nSPS) is 11.2. The zero-order chi connectivity index (χ0) is 13.5. The average Bonchev–Trinajstić information content (AvgIpc) is 2.36. The summed E-state index contributed by atoms with van der Waals surface area (Å²) in [6.07, 6.45) is 1.44. The van der Waals surface area contributed by atoms with Crippen LogP contribution in [0.1, 0.15) is 12.5 Å². The Kier molecular flexibility index (Phi) is 5.13. The molecule has 0 radical (unpaired) electrons. The zero-order valence-corrected chi connectivity index (χ0v) is 10.3. The van der Waals surface area contributed by atoms with Crippen LogP contribution in [0.2, 0.25) is 0 Å². The molecule has 98 valence electrons. The van der Waals surface area contributed by atoms with E-state index in [0.29, 0.717) is 17.1 Å². The van der Waals surface area contributed by atoms with Gasteiger partial charge >= 0.3 is 0 Å². The number of nitrogens with zero attached hydrogens (tertiary/aromatic N) is 1. The fraction of sp³-hybridized carbons (Fsp3) is 0.333. The fourth-order valence-corrected chi connectivity index (χ4v) is 1.34. The number of aliphatic hydroxyl groups is 1. The van der Waals surface area contributed by atoms with E-state index in [-0.39, 0.29) is 18.9 Å². The first-order chi connectivity index (χ1) is 8.58. The molecule has 0 atom stereocenters. The van der Waals surface area contributed by atoms with Gasteiger partial charge in [0.15, 0.2) is 11.5 Å². The van der Waals surface area contributed by atoms with Gasteiger partial charge in [0.25, 0.3) is 0 Å². The molecule has 0 saturated carbocycles. The maximum absolute atomic E-state index is 10.5. The predicted octanol–water partition coefficient (Wildman–Crippen LogP) is 1.70. The average molecular weight is 253 g/mol. The topological polar surface area (TPSA) is 81.8 Å². The number of aliphatic hydroxyl groups excluding tert-OH is 1. The molecule has 1 rings (SSSR count). The highest BCUT2D eigenvalue weighted by atomic mass is 16.6. The highest BCUT2D eigenvalue weighted by Gasteiger charge is 2.07. The van der Waals surface area contributed by atoms with E-state index in [1.807, 2.05) is 0 Å². The van der Waals surface area contributed by atoms with Crippen molar-refractivity contribution >= 4 is 6.08 Å². The van der Waals surface area contributed by atoms with E-state index in [9.17, 15) is 10.1 Å². The van der Waals surface area contributed by atoms with Gasteiger partial charge in [0.05, 0.1) is 18.6 Å². The highest BCUT2D eigenvalue weighted by Crippen LogP contribution is 2.28. The van der Waals surface area contributed by atoms with E-state index in [0.717, 1.165) is 0 Å². The second-order valence-corrected chi connectivity index (χ2v) is 3.53. The first kappa shape index (κ1) is 14.0. The Morgan fingerprint density at radius 2 is 2.22 bits per heavy atom. The van der Waals surface area contributed by atoms with Crippen molar-refractivity contribution in [1.82, 2.24) is 0 Å². The number of nitro groups is 1. The molecule has 0 spiro atoms. The van der Waals surface area contributed by atoms with Gasteiger partial charge in [-0.3, -0.25) is 10.1 Å². The second kappa shape index (κ2) is 6.61. The lowest BCUT2D eigenvalue weighted by molar-refractivity contribution is -0.422. The maximum Gasteiger partial charge on any atom is 0.243 e. The Labute approximate surface area is 105 Å². The van der Waals surface area contributed by atoms with Crippen molar-refractivity contribution in [3.8, 4) is 11.5 Å². The van der Waals surface area contributed by atoms with Crippen molar-refractivity contribution < 1.29 is 19.5 Å². The standard InChI is InChI=1S/C12H15NO5/c1-9(13(15)16)7-10-3-4-11(18-6-5-14)12(8-10)17-2/h3-4,7-8,14H,5-6H2,1-2H3/b9-7+. The van der Waals surface area contributed by atoms with E-state index in [4.69, 9.17) is 14.6 Å². The predicted molar refractivity (Wildman–Crippen MR) is 66.2 cm³/mol. The molecule has 0 aliphatic heterocycles. The smallest absolute Gasteiger partial charge is 0.243 e. The SMILES string of the molecule is COc1cc(/C=C(\C)[N+](=O)[O-])ccc1OCCO. The molecule has 6 nitrogen and oxygen atoms in total. The van der Waals surface area contributed by atoms with Crippen LogP contribution in [-0.4, -0.2) is 30.4 Å². The quantitative estimate of drug-likeness (QED) is 0.616.